The highest BCUT2D eigenvalue weighted by Crippen LogP contribution is 2.55. The molecule has 1 heterocycles. The van der Waals surface area contributed by atoms with Crippen molar-refractivity contribution in [3.8, 4) is 0 Å². The number of rotatable bonds is 8. The van der Waals surface area contributed by atoms with E-state index in [4.69, 9.17) is 0 Å². The Balaban J connectivity index is 1.80. The number of nitrogens with zero attached hydrogens (tertiary/aromatic N) is 2. The Bertz CT molecular complexity index is 1260. The minimum absolute atomic E-state index is 0.518. The summed E-state index contributed by atoms with van der Waals surface area (Å²) in [6, 6.07) is 43.3. The van der Waals surface area contributed by atoms with Crippen molar-refractivity contribution in [1.82, 2.24) is 9.80 Å². The minimum Gasteiger partial charge on any atom is -0.334 e. The lowest BCUT2D eigenvalue weighted by atomic mass is 10.0. The lowest BCUT2D eigenvalue weighted by molar-refractivity contribution is 0.129. The Morgan fingerprint density at radius 2 is 1.06 bits per heavy atom. The van der Waals surface area contributed by atoms with E-state index < -0.39 is 4.57 Å². The van der Waals surface area contributed by atoms with Gasteiger partial charge in [-0.3, -0.25) is 0 Å². The lowest BCUT2D eigenvalue weighted by Crippen LogP contribution is -2.47. The van der Waals surface area contributed by atoms with Crippen molar-refractivity contribution in [2.75, 3.05) is 6.54 Å². The molecule has 176 valence electrons. The van der Waals surface area contributed by atoms with Gasteiger partial charge in [-0.05, 0) is 27.9 Å². The zero-order valence-corrected chi connectivity index (χ0v) is 21.7. The maximum atomic E-state index is 4.36. The Kier molecular flexibility index (Phi) is 7.06. The van der Waals surface area contributed by atoms with Crippen LogP contribution in [0, 0.1) is 0 Å². The monoisotopic (exact) mass is 522 g/mol. The van der Waals surface area contributed by atoms with Crippen LogP contribution in [0.25, 0.3) is 11.4 Å². The smallest absolute Gasteiger partial charge is 0.197 e. The van der Waals surface area contributed by atoms with Gasteiger partial charge in [0, 0.05) is 29.8 Å². The van der Waals surface area contributed by atoms with E-state index in [1.807, 2.05) is 0 Å². The van der Waals surface area contributed by atoms with E-state index in [1.54, 1.807) is 0 Å². The van der Waals surface area contributed by atoms with Crippen molar-refractivity contribution in [1.29, 1.82) is 0 Å². The van der Waals surface area contributed by atoms with Crippen LogP contribution in [0.1, 0.15) is 42.0 Å². The van der Waals surface area contributed by atoms with Gasteiger partial charge in [0.25, 0.3) is 0 Å². The van der Waals surface area contributed by atoms with E-state index in [-0.39, 0.29) is 0 Å². The van der Waals surface area contributed by atoms with Gasteiger partial charge < -0.3 is 9.80 Å². The lowest BCUT2D eigenvalue weighted by Gasteiger charge is -2.43. The van der Waals surface area contributed by atoms with Crippen LogP contribution in [0.5, 0.6) is 0 Å². The molecule has 0 fully saturated rings. The number of benzene rings is 4. The summed E-state index contributed by atoms with van der Waals surface area (Å²) < 4.78 is -0.518. The van der Waals surface area contributed by atoms with Gasteiger partial charge in [0.05, 0.1) is 11.4 Å². The molecule has 0 N–H and O–H groups in total. The average Bonchev–Trinajstić information content (AvgIpc) is 3.18. The van der Waals surface area contributed by atoms with Crippen molar-refractivity contribution < 1.29 is 0 Å². The third-order valence-electron chi connectivity index (χ3n) is 6.63. The fraction of sp³-hybridized carbons (Fsp3) is 0.188. The molecule has 0 saturated carbocycles. The quantitative estimate of drug-likeness (QED) is 0.169. The summed E-state index contributed by atoms with van der Waals surface area (Å²) in [5.41, 5.74) is 7.48. The molecule has 5 rings (SSSR count). The molecule has 4 aromatic carbocycles. The molecule has 0 bridgehead atoms. The van der Waals surface area contributed by atoms with Gasteiger partial charge in [0.1, 0.15) is 0 Å². The van der Waals surface area contributed by atoms with E-state index in [0.717, 1.165) is 25.9 Å². The molecular weight excluding hydrogens is 492 g/mol. The predicted octanol–water partition coefficient (Wildman–Crippen LogP) is 8.34. The third-order valence-corrected chi connectivity index (χ3v) is 7.95. The fourth-order valence-corrected chi connectivity index (χ4v) is 5.88. The largest absolute Gasteiger partial charge is 0.334 e. The highest BCUT2D eigenvalue weighted by atomic mass is 79.9. The van der Waals surface area contributed by atoms with Crippen LogP contribution in [0.4, 0.5) is 0 Å². The topological polar surface area (TPSA) is 6.48 Å². The van der Waals surface area contributed by atoms with Gasteiger partial charge in [0.2, 0.25) is 0 Å². The first-order chi connectivity index (χ1) is 17.2. The van der Waals surface area contributed by atoms with Crippen LogP contribution < -0.4 is 0 Å². The van der Waals surface area contributed by atoms with E-state index in [1.165, 1.54) is 33.6 Å². The van der Waals surface area contributed by atoms with Gasteiger partial charge in [-0.1, -0.05) is 135 Å². The van der Waals surface area contributed by atoms with E-state index in [9.17, 15) is 0 Å². The maximum absolute atomic E-state index is 4.36. The van der Waals surface area contributed by atoms with Crippen LogP contribution in [0.3, 0.4) is 0 Å². The van der Waals surface area contributed by atoms with Crippen molar-refractivity contribution in [2.24, 2.45) is 0 Å². The molecule has 1 aliphatic rings. The first-order valence-corrected chi connectivity index (χ1v) is 13.2. The van der Waals surface area contributed by atoms with Crippen molar-refractivity contribution >= 4 is 27.3 Å². The summed E-state index contributed by atoms with van der Waals surface area (Å²) in [7, 11) is 0. The summed E-state index contributed by atoms with van der Waals surface area (Å²) in [5, 5.41) is 0. The summed E-state index contributed by atoms with van der Waals surface area (Å²) in [6.07, 6.45) is 2.24. The summed E-state index contributed by atoms with van der Waals surface area (Å²) in [6.45, 7) is 3.99. The Hall–Kier alpha value is -3.30. The molecule has 35 heavy (non-hydrogen) atoms. The molecule has 0 aliphatic carbocycles. The highest BCUT2D eigenvalue weighted by molar-refractivity contribution is 9.09. The molecule has 1 atom stereocenters. The number of unbranched alkanes of at least 4 members (excludes halogenated alkanes) is 1. The second-order valence-corrected chi connectivity index (χ2v) is 10.1. The molecule has 1 unspecified atom stereocenters. The third kappa shape index (κ3) is 4.53. The summed E-state index contributed by atoms with van der Waals surface area (Å²) in [4.78, 5) is 5.12. The SMILES string of the molecule is CCCCN1C(c2ccccc2)=C(c2ccccc2)N(Cc2ccccc2)C1(Br)c1ccccc1. The number of hydrogen-bond acceptors (Lipinski definition) is 2. The normalized spacial score (nSPS) is 17.8. The predicted molar refractivity (Wildman–Crippen MR) is 150 cm³/mol. The number of hydrogen-bond donors (Lipinski definition) is 0. The molecular formula is C32H31BrN2. The number of halogens is 1. The van der Waals surface area contributed by atoms with E-state index in [2.05, 4.69) is 154 Å². The molecule has 0 radical (unpaired) electrons. The van der Waals surface area contributed by atoms with Gasteiger partial charge in [-0.15, -0.1) is 0 Å². The molecule has 3 heteroatoms. The van der Waals surface area contributed by atoms with Gasteiger partial charge >= 0.3 is 0 Å². The molecule has 4 aromatic rings. The van der Waals surface area contributed by atoms with Gasteiger partial charge in [0.15, 0.2) is 4.57 Å². The first kappa shape index (κ1) is 23.4. The summed E-state index contributed by atoms with van der Waals surface area (Å²) >= 11 is 4.36. The minimum atomic E-state index is -0.518. The molecule has 0 spiro atoms. The van der Waals surface area contributed by atoms with Crippen LogP contribution >= 0.6 is 15.9 Å². The van der Waals surface area contributed by atoms with Crippen molar-refractivity contribution in [3.63, 3.8) is 0 Å². The standard InChI is InChI=1S/C32H31BrN2/c1-2-3-24-34-30(27-18-10-5-11-19-27)31(28-20-12-6-13-21-28)35(25-26-16-8-4-9-17-26)32(34,33)29-22-14-7-15-23-29/h4-23H,2-3,24-25H2,1H3. The molecule has 0 amide bonds. The van der Waals surface area contributed by atoms with Gasteiger partial charge in [-0.25, -0.2) is 0 Å². The zero-order valence-electron chi connectivity index (χ0n) is 20.1. The van der Waals surface area contributed by atoms with E-state index >= 15 is 0 Å². The van der Waals surface area contributed by atoms with Crippen LogP contribution in [-0.4, -0.2) is 16.3 Å². The molecule has 1 aliphatic heterocycles. The maximum Gasteiger partial charge on any atom is 0.197 e. The zero-order chi connectivity index (χ0) is 24.1. The van der Waals surface area contributed by atoms with Crippen LogP contribution in [-0.2, 0) is 11.1 Å². The average molecular weight is 524 g/mol. The number of alkyl halides is 1. The van der Waals surface area contributed by atoms with Gasteiger partial charge in [-0.2, -0.15) is 0 Å². The second-order valence-electron chi connectivity index (χ2n) is 8.96. The van der Waals surface area contributed by atoms with Crippen LogP contribution in [0.15, 0.2) is 121 Å². The van der Waals surface area contributed by atoms with Crippen LogP contribution in [0.2, 0.25) is 0 Å². The molecule has 0 saturated heterocycles. The van der Waals surface area contributed by atoms with Crippen molar-refractivity contribution in [2.45, 2.75) is 30.9 Å². The fourth-order valence-electron chi connectivity index (χ4n) is 4.96. The first-order valence-electron chi connectivity index (χ1n) is 12.4. The Morgan fingerprint density at radius 3 is 1.57 bits per heavy atom. The second kappa shape index (κ2) is 10.5. The van der Waals surface area contributed by atoms with Crippen molar-refractivity contribution in [3.05, 3.63) is 144 Å². The summed E-state index contributed by atoms with van der Waals surface area (Å²) in [5.74, 6) is 0. The Labute approximate surface area is 217 Å². The molecule has 0 aromatic heterocycles. The van der Waals surface area contributed by atoms with E-state index in [0.29, 0.717) is 0 Å². The highest BCUT2D eigenvalue weighted by Gasteiger charge is 2.50. The Morgan fingerprint density at radius 1 is 0.600 bits per heavy atom. The molecule has 2 nitrogen and oxygen atoms in total.